The number of ether oxygens (including phenoxy) is 1. The summed E-state index contributed by atoms with van der Waals surface area (Å²) in [6.45, 7) is 0. The van der Waals surface area contributed by atoms with Gasteiger partial charge in [-0.1, -0.05) is 152 Å². The monoisotopic (exact) mass is 613 g/mol. The summed E-state index contributed by atoms with van der Waals surface area (Å²) >= 11 is 0. The maximum atomic E-state index is 6.79. The van der Waals surface area contributed by atoms with Gasteiger partial charge in [0.25, 0.3) is 0 Å². The fourth-order valence-corrected chi connectivity index (χ4v) is 6.96. The Morgan fingerprint density at radius 2 is 0.833 bits per heavy atom. The number of fused-ring (bicyclic) bond motifs is 2. The van der Waals surface area contributed by atoms with Gasteiger partial charge in [-0.2, -0.15) is 0 Å². The molecule has 1 heterocycles. The summed E-state index contributed by atoms with van der Waals surface area (Å²) < 4.78 is 6.79. The number of rotatable bonds is 6. The second-order valence-corrected chi connectivity index (χ2v) is 12.1. The first-order chi connectivity index (χ1) is 23.8. The lowest BCUT2D eigenvalue weighted by atomic mass is 9.89. The molecule has 0 saturated heterocycles. The predicted octanol–water partition coefficient (Wildman–Crippen LogP) is 13.1. The quantitative estimate of drug-likeness (QED) is 0.185. The highest BCUT2D eigenvalue weighted by Gasteiger charge is 2.27. The molecule has 0 saturated carbocycles. The van der Waals surface area contributed by atoms with Crippen LogP contribution in [-0.2, 0) is 0 Å². The van der Waals surface area contributed by atoms with E-state index in [1.807, 2.05) is 6.07 Å². The fourth-order valence-electron chi connectivity index (χ4n) is 6.96. The second kappa shape index (κ2) is 11.8. The molecular formula is C46H31NO. The maximum Gasteiger partial charge on any atom is 0.143 e. The van der Waals surface area contributed by atoms with Gasteiger partial charge in [-0.3, -0.25) is 0 Å². The summed E-state index contributed by atoms with van der Waals surface area (Å²) in [5.41, 5.74) is 12.5. The van der Waals surface area contributed by atoms with Crippen LogP contribution in [0.4, 0.5) is 17.1 Å². The summed E-state index contributed by atoms with van der Waals surface area (Å²) in [4.78, 5) is 2.39. The van der Waals surface area contributed by atoms with E-state index in [1.165, 1.54) is 27.8 Å². The van der Waals surface area contributed by atoms with Crippen molar-refractivity contribution in [2.75, 3.05) is 4.90 Å². The van der Waals surface area contributed by atoms with Crippen LogP contribution < -0.4 is 9.64 Å². The van der Waals surface area contributed by atoms with Crippen LogP contribution in [0.5, 0.6) is 11.5 Å². The van der Waals surface area contributed by atoms with Gasteiger partial charge >= 0.3 is 0 Å². The molecule has 48 heavy (non-hydrogen) atoms. The van der Waals surface area contributed by atoms with Gasteiger partial charge in [0.15, 0.2) is 0 Å². The molecular weight excluding hydrogens is 583 g/mol. The third-order valence-electron chi connectivity index (χ3n) is 9.27. The molecule has 8 aromatic rings. The number of nitrogens with zero attached hydrogens (tertiary/aromatic N) is 1. The van der Waals surface area contributed by atoms with Crippen molar-refractivity contribution in [2.45, 2.75) is 0 Å². The third-order valence-corrected chi connectivity index (χ3v) is 9.27. The number of hydrogen-bond acceptors (Lipinski definition) is 2. The Labute approximate surface area is 280 Å². The van der Waals surface area contributed by atoms with Gasteiger partial charge < -0.3 is 9.64 Å². The van der Waals surface area contributed by atoms with Crippen LogP contribution in [-0.4, -0.2) is 0 Å². The lowest BCUT2D eigenvalue weighted by Gasteiger charge is -2.31. The Morgan fingerprint density at radius 1 is 0.354 bits per heavy atom. The third kappa shape index (κ3) is 4.83. The molecule has 8 aromatic carbocycles. The molecule has 0 N–H and O–H groups in total. The van der Waals surface area contributed by atoms with Crippen molar-refractivity contribution >= 4 is 27.8 Å². The van der Waals surface area contributed by atoms with Crippen LogP contribution in [0, 0.1) is 0 Å². The number of benzene rings is 8. The van der Waals surface area contributed by atoms with Crippen LogP contribution >= 0.6 is 0 Å². The lowest BCUT2D eigenvalue weighted by molar-refractivity contribution is 0.489. The SMILES string of the molecule is c1ccc(-c2ccc(N(c3ccc(-c4ccccc4)cc3)c3cc(-c4ccccc4)c4c5c(cccc35)-c3ccccc3O4)cc2)cc1. The van der Waals surface area contributed by atoms with E-state index in [2.05, 4.69) is 187 Å². The van der Waals surface area contributed by atoms with E-state index in [1.54, 1.807) is 0 Å². The molecule has 1 aliphatic rings. The molecule has 0 radical (unpaired) electrons. The highest BCUT2D eigenvalue weighted by atomic mass is 16.5. The minimum atomic E-state index is 0.882. The molecule has 0 atom stereocenters. The van der Waals surface area contributed by atoms with Crippen molar-refractivity contribution in [3.8, 4) is 56.0 Å². The Kier molecular flexibility index (Phi) is 6.84. The number of hydrogen-bond donors (Lipinski definition) is 0. The van der Waals surface area contributed by atoms with E-state index in [-0.39, 0.29) is 0 Å². The summed E-state index contributed by atoms with van der Waals surface area (Å²) in [6.07, 6.45) is 0. The maximum absolute atomic E-state index is 6.79. The standard InChI is InChI=1S/C46H31NO/c1-4-13-32(14-5-1)34-23-27-37(28-24-34)47(38-29-25-35(26-30-38)33-15-6-2-7-16-33)43-31-42(36-17-8-3-9-18-36)46-45-40(20-12-21-41(43)45)39-19-10-11-22-44(39)48-46/h1-31H. The molecule has 0 aliphatic carbocycles. The molecule has 2 heteroatoms. The molecule has 2 nitrogen and oxygen atoms in total. The molecule has 0 amide bonds. The Morgan fingerprint density at radius 3 is 1.42 bits per heavy atom. The van der Waals surface area contributed by atoms with E-state index in [0.717, 1.165) is 56.0 Å². The van der Waals surface area contributed by atoms with Gasteiger partial charge in [0.2, 0.25) is 0 Å². The van der Waals surface area contributed by atoms with Crippen LogP contribution in [0.3, 0.4) is 0 Å². The minimum absolute atomic E-state index is 0.882. The Hall–Kier alpha value is -6.38. The zero-order valence-electron chi connectivity index (χ0n) is 26.3. The number of anilines is 3. The number of para-hydroxylation sites is 1. The first kappa shape index (κ1) is 27.9. The average Bonchev–Trinajstić information content (AvgIpc) is 3.17. The van der Waals surface area contributed by atoms with Crippen molar-refractivity contribution in [1.82, 2.24) is 0 Å². The van der Waals surface area contributed by atoms with Crippen molar-refractivity contribution in [1.29, 1.82) is 0 Å². The average molecular weight is 614 g/mol. The first-order valence-corrected chi connectivity index (χ1v) is 16.4. The van der Waals surface area contributed by atoms with Gasteiger partial charge in [-0.15, -0.1) is 0 Å². The summed E-state index contributed by atoms with van der Waals surface area (Å²) in [5.74, 6) is 1.78. The molecule has 226 valence electrons. The minimum Gasteiger partial charge on any atom is -0.455 e. The van der Waals surface area contributed by atoms with E-state index >= 15 is 0 Å². The Bertz CT molecular complexity index is 2300. The molecule has 0 unspecified atom stereocenters. The van der Waals surface area contributed by atoms with E-state index in [0.29, 0.717) is 0 Å². The largest absolute Gasteiger partial charge is 0.455 e. The van der Waals surface area contributed by atoms with Crippen LogP contribution in [0.15, 0.2) is 188 Å². The van der Waals surface area contributed by atoms with Crippen LogP contribution in [0.25, 0.3) is 55.3 Å². The van der Waals surface area contributed by atoms with Gasteiger partial charge in [0.05, 0.1) is 5.69 Å². The van der Waals surface area contributed by atoms with E-state index in [4.69, 9.17) is 4.74 Å². The van der Waals surface area contributed by atoms with Crippen LogP contribution in [0.2, 0.25) is 0 Å². The lowest BCUT2D eigenvalue weighted by Crippen LogP contribution is -2.12. The van der Waals surface area contributed by atoms with Crippen LogP contribution in [0.1, 0.15) is 0 Å². The normalized spacial score (nSPS) is 11.5. The second-order valence-electron chi connectivity index (χ2n) is 12.1. The molecule has 9 rings (SSSR count). The Balaban J connectivity index is 1.30. The molecule has 0 bridgehead atoms. The zero-order valence-corrected chi connectivity index (χ0v) is 26.3. The van der Waals surface area contributed by atoms with Gasteiger partial charge in [0, 0.05) is 33.3 Å². The molecule has 0 aromatic heterocycles. The molecule has 0 fully saturated rings. The summed E-state index contributed by atoms with van der Waals surface area (Å²) in [5, 5.41) is 2.26. The van der Waals surface area contributed by atoms with Crippen molar-refractivity contribution < 1.29 is 4.74 Å². The predicted molar refractivity (Wildman–Crippen MR) is 200 cm³/mol. The van der Waals surface area contributed by atoms with Crippen molar-refractivity contribution in [3.63, 3.8) is 0 Å². The topological polar surface area (TPSA) is 12.5 Å². The van der Waals surface area contributed by atoms with Gasteiger partial charge in [-0.05, 0) is 69.8 Å². The smallest absolute Gasteiger partial charge is 0.143 e. The van der Waals surface area contributed by atoms with Crippen molar-refractivity contribution in [2.24, 2.45) is 0 Å². The van der Waals surface area contributed by atoms with Gasteiger partial charge in [0.1, 0.15) is 11.5 Å². The van der Waals surface area contributed by atoms with Gasteiger partial charge in [-0.25, -0.2) is 0 Å². The highest BCUT2D eigenvalue weighted by Crippen LogP contribution is 2.54. The van der Waals surface area contributed by atoms with E-state index < -0.39 is 0 Å². The molecule has 1 aliphatic heterocycles. The zero-order chi connectivity index (χ0) is 31.9. The van der Waals surface area contributed by atoms with Crippen molar-refractivity contribution in [3.05, 3.63) is 188 Å². The summed E-state index contributed by atoms with van der Waals surface area (Å²) in [7, 11) is 0. The fraction of sp³-hybridized carbons (Fsp3) is 0. The molecule has 0 spiro atoms. The summed E-state index contributed by atoms with van der Waals surface area (Å²) in [6, 6.07) is 66.8. The first-order valence-electron chi connectivity index (χ1n) is 16.4. The van der Waals surface area contributed by atoms with E-state index in [9.17, 15) is 0 Å². The highest BCUT2D eigenvalue weighted by molar-refractivity contribution is 6.14.